The van der Waals surface area contributed by atoms with Crippen molar-refractivity contribution < 1.29 is 9.47 Å². The van der Waals surface area contributed by atoms with Gasteiger partial charge in [0.05, 0.1) is 12.7 Å². The van der Waals surface area contributed by atoms with Crippen molar-refractivity contribution in [3.63, 3.8) is 0 Å². The molecule has 1 unspecified atom stereocenters. The molecule has 0 aliphatic carbocycles. The van der Waals surface area contributed by atoms with E-state index in [1.807, 2.05) is 0 Å². The van der Waals surface area contributed by atoms with E-state index in [4.69, 9.17) is 9.47 Å². The molecule has 0 aromatic heterocycles. The maximum atomic E-state index is 6.06. The highest BCUT2D eigenvalue weighted by Gasteiger charge is 2.20. The second-order valence-corrected chi connectivity index (χ2v) is 5.25. The molecule has 0 radical (unpaired) electrons. The topological polar surface area (TPSA) is 30.5 Å². The molecule has 18 heavy (non-hydrogen) atoms. The van der Waals surface area contributed by atoms with E-state index in [2.05, 4.69) is 29.6 Å². The number of para-hydroxylation sites is 1. The highest BCUT2D eigenvalue weighted by Crippen LogP contribution is 2.23. The molecular formula is C15H21NO2. The summed E-state index contributed by atoms with van der Waals surface area (Å²) >= 11 is 0. The van der Waals surface area contributed by atoms with E-state index in [-0.39, 0.29) is 0 Å². The molecule has 0 saturated carbocycles. The zero-order chi connectivity index (χ0) is 12.2. The lowest BCUT2D eigenvalue weighted by atomic mass is 10.00. The standard InChI is InChI=1S/C15H21NO2/c1-2-4-15-13(3-1)9-14(10-16-15)18-11-12-5-7-17-8-6-12/h1-4,12,14,16H,5-11H2. The number of rotatable bonds is 3. The molecule has 98 valence electrons. The molecule has 1 atom stereocenters. The number of hydrogen-bond donors (Lipinski definition) is 1. The van der Waals surface area contributed by atoms with Crippen LogP contribution in [0.1, 0.15) is 18.4 Å². The molecule has 1 aromatic carbocycles. The summed E-state index contributed by atoms with van der Waals surface area (Å²) < 4.78 is 11.4. The lowest BCUT2D eigenvalue weighted by molar-refractivity contribution is -0.00711. The van der Waals surface area contributed by atoms with Crippen LogP contribution in [0.25, 0.3) is 0 Å². The van der Waals surface area contributed by atoms with Gasteiger partial charge in [0.1, 0.15) is 0 Å². The average molecular weight is 247 g/mol. The van der Waals surface area contributed by atoms with E-state index >= 15 is 0 Å². The first-order valence-electron chi connectivity index (χ1n) is 6.93. The Labute approximate surface area is 108 Å². The predicted octanol–water partition coefficient (Wildman–Crippen LogP) is 2.47. The molecule has 1 aromatic rings. The number of benzene rings is 1. The molecular weight excluding hydrogens is 226 g/mol. The molecule has 3 heteroatoms. The number of hydrogen-bond acceptors (Lipinski definition) is 3. The zero-order valence-corrected chi connectivity index (χ0v) is 10.7. The molecule has 1 saturated heterocycles. The monoisotopic (exact) mass is 247 g/mol. The molecule has 3 nitrogen and oxygen atoms in total. The van der Waals surface area contributed by atoms with Gasteiger partial charge in [0.2, 0.25) is 0 Å². The fraction of sp³-hybridized carbons (Fsp3) is 0.600. The molecule has 1 fully saturated rings. The van der Waals surface area contributed by atoms with Crippen LogP contribution in [-0.2, 0) is 15.9 Å². The van der Waals surface area contributed by atoms with E-state index < -0.39 is 0 Å². The summed E-state index contributed by atoms with van der Waals surface area (Å²) in [6.07, 6.45) is 3.66. The lowest BCUT2D eigenvalue weighted by Crippen LogP contribution is -2.32. The van der Waals surface area contributed by atoms with Gasteiger partial charge in [0.25, 0.3) is 0 Å². The quantitative estimate of drug-likeness (QED) is 0.890. The highest BCUT2D eigenvalue weighted by molar-refractivity contribution is 5.53. The van der Waals surface area contributed by atoms with Crippen LogP contribution in [0.3, 0.4) is 0 Å². The Morgan fingerprint density at radius 1 is 1.22 bits per heavy atom. The van der Waals surface area contributed by atoms with Crippen molar-refractivity contribution in [2.45, 2.75) is 25.4 Å². The van der Waals surface area contributed by atoms with Crippen LogP contribution in [0.4, 0.5) is 5.69 Å². The van der Waals surface area contributed by atoms with Crippen molar-refractivity contribution in [2.75, 3.05) is 31.7 Å². The van der Waals surface area contributed by atoms with Gasteiger partial charge in [-0.1, -0.05) is 18.2 Å². The number of fused-ring (bicyclic) bond motifs is 1. The van der Waals surface area contributed by atoms with Gasteiger partial charge in [-0.3, -0.25) is 0 Å². The average Bonchev–Trinajstić information content (AvgIpc) is 2.46. The van der Waals surface area contributed by atoms with Crippen molar-refractivity contribution in [3.05, 3.63) is 29.8 Å². The van der Waals surface area contributed by atoms with Gasteiger partial charge in [0.15, 0.2) is 0 Å². The van der Waals surface area contributed by atoms with Crippen LogP contribution >= 0.6 is 0 Å². The molecule has 1 N–H and O–H groups in total. The Balaban J connectivity index is 1.50. The Kier molecular flexibility index (Phi) is 3.81. The molecule has 0 bridgehead atoms. The van der Waals surface area contributed by atoms with Crippen molar-refractivity contribution >= 4 is 5.69 Å². The number of nitrogens with one attached hydrogen (secondary N) is 1. The third-order valence-electron chi connectivity index (χ3n) is 3.89. The Morgan fingerprint density at radius 2 is 2.06 bits per heavy atom. The van der Waals surface area contributed by atoms with Gasteiger partial charge in [-0.2, -0.15) is 0 Å². The number of ether oxygens (including phenoxy) is 2. The first-order valence-corrected chi connectivity index (χ1v) is 6.93. The fourth-order valence-corrected chi connectivity index (χ4v) is 2.72. The third kappa shape index (κ3) is 2.85. The lowest BCUT2D eigenvalue weighted by Gasteiger charge is -2.29. The summed E-state index contributed by atoms with van der Waals surface area (Å²) in [6.45, 7) is 3.62. The van der Waals surface area contributed by atoms with E-state index in [0.29, 0.717) is 12.0 Å². The highest BCUT2D eigenvalue weighted by atomic mass is 16.5. The van der Waals surface area contributed by atoms with Crippen LogP contribution in [-0.4, -0.2) is 32.5 Å². The first-order chi connectivity index (χ1) is 8.92. The minimum absolute atomic E-state index is 0.322. The normalized spacial score (nSPS) is 24.3. The summed E-state index contributed by atoms with van der Waals surface area (Å²) in [7, 11) is 0. The van der Waals surface area contributed by atoms with E-state index in [1.165, 1.54) is 11.3 Å². The van der Waals surface area contributed by atoms with Crippen molar-refractivity contribution in [1.82, 2.24) is 0 Å². The summed E-state index contributed by atoms with van der Waals surface area (Å²) in [4.78, 5) is 0. The smallest absolute Gasteiger partial charge is 0.0788 e. The van der Waals surface area contributed by atoms with Gasteiger partial charge in [0, 0.05) is 31.9 Å². The van der Waals surface area contributed by atoms with Crippen molar-refractivity contribution in [1.29, 1.82) is 0 Å². The molecule has 3 rings (SSSR count). The van der Waals surface area contributed by atoms with Crippen molar-refractivity contribution in [3.8, 4) is 0 Å². The second-order valence-electron chi connectivity index (χ2n) is 5.25. The molecule has 2 aliphatic rings. The largest absolute Gasteiger partial charge is 0.382 e. The number of anilines is 1. The Hall–Kier alpha value is -1.06. The van der Waals surface area contributed by atoms with Gasteiger partial charge in [-0.15, -0.1) is 0 Å². The minimum atomic E-state index is 0.322. The summed E-state index contributed by atoms with van der Waals surface area (Å²) in [6, 6.07) is 8.51. The minimum Gasteiger partial charge on any atom is -0.382 e. The summed E-state index contributed by atoms with van der Waals surface area (Å²) in [5, 5.41) is 3.45. The van der Waals surface area contributed by atoms with E-state index in [1.54, 1.807) is 0 Å². The molecule has 2 heterocycles. The summed E-state index contributed by atoms with van der Waals surface area (Å²) in [5.41, 5.74) is 2.64. The SMILES string of the molecule is c1ccc2c(c1)CC(OCC1CCOCC1)CN2. The molecule has 2 aliphatic heterocycles. The maximum absolute atomic E-state index is 6.06. The summed E-state index contributed by atoms with van der Waals surface area (Å²) in [5.74, 6) is 0.691. The van der Waals surface area contributed by atoms with Gasteiger partial charge in [-0.25, -0.2) is 0 Å². The van der Waals surface area contributed by atoms with Crippen molar-refractivity contribution in [2.24, 2.45) is 5.92 Å². The maximum Gasteiger partial charge on any atom is 0.0788 e. The van der Waals surface area contributed by atoms with Gasteiger partial charge in [-0.05, 0) is 30.4 Å². The second kappa shape index (κ2) is 5.72. The third-order valence-corrected chi connectivity index (χ3v) is 3.89. The van der Waals surface area contributed by atoms with Crippen LogP contribution in [0.15, 0.2) is 24.3 Å². The molecule has 0 amide bonds. The zero-order valence-electron chi connectivity index (χ0n) is 10.7. The van der Waals surface area contributed by atoms with E-state index in [9.17, 15) is 0 Å². The van der Waals surface area contributed by atoms with Gasteiger partial charge < -0.3 is 14.8 Å². The first kappa shape index (κ1) is 12.0. The molecule has 0 spiro atoms. The van der Waals surface area contributed by atoms with Crippen LogP contribution in [0.5, 0.6) is 0 Å². The Morgan fingerprint density at radius 3 is 2.94 bits per heavy atom. The predicted molar refractivity (Wildman–Crippen MR) is 71.9 cm³/mol. The van der Waals surface area contributed by atoms with Gasteiger partial charge >= 0.3 is 0 Å². The Bertz CT molecular complexity index is 388. The van der Waals surface area contributed by atoms with Crippen LogP contribution < -0.4 is 5.32 Å². The van der Waals surface area contributed by atoms with E-state index in [0.717, 1.165) is 45.6 Å². The van der Waals surface area contributed by atoms with Crippen LogP contribution in [0.2, 0.25) is 0 Å². The fourth-order valence-electron chi connectivity index (χ4n) is 2.72. The van der Waals surface area contributed by atoms with Crippen LogP contribution in [0, 0.1) is 5.92 Å².